The number of likely N-dealkylation sites (tertiary alicyclic amines) is 1. The third-order valence-corrected chi connectivity index (χ3v) is 6.43. The van der Waals surface area contributed by atoms with E-state index in [1.807, 2.05) is 6.92 Å². The van der Waals surface area contributed by atoms with E-state index in [0.717, 1.165) is 18.1 Å². The minimum absolute atomic E-state index is 0.180. The van der Waals surface area contributed by atoms with Gasteiger partial charge in [0.05, 0.1) is 4.90 Å². The quantitative estimate of drug-likeness (QED) is 0.709. The van der Waals surface area contributed by atoms with Crippen LogP contribution in [0.2, 0.25) is 0 Å². The molecule has 0 aromatic heterocycles. The van der Waals surface area contributed by atoms with E-state index in [1.54, 1.807) is 29.2 Å². The number of amides is 1. The van der Waals surface area contributed by atoms with Gasteiger partial charge in [-0.15, -0.1) is 0 Å². The first-order valence-corrected chi connectivity index (χ1v) is 10.7. The summed E-state index contributed by atoms with van der Waals surface area (Å²) >= 11 is 0. The van der Waals surface area contributed by atoms with E-state index in [1.165, 1.54) is 12.1 Å². The highest BCUT2D eigenvalue weighted by Gasteiger charge is 2.27. The lowest BCUT2D eigenvalue weighted by Gasteiger charge is -2.32. The number of aryl methyl sites for hydroxylation is 1. The highest BCUT2D eigenvalue weighted by atomic mass is 32.2. The molecule has 7 nitrogen and oxygen atoms in total. The topological polar surface area (TPSA) is 107 Å². The first kappa shape index (κ1) is 20.2. The summed E-state index contributed by atoms with van der Waals surface area (Å²) in [6.45, 7) is 2.78. The molecule has 1 fully saturated rings. The molecule has 28 heavy (non-hydrogen) atoms. The summed E-state index contributed by atoms with van der Waals surface area (Å²) in [5.41, 5.74) is 1.27. The van der Waals surface area contributed by atoms with Gasteiger partial charge in [0.1, 0.15) is 11.5 Å². The van der Waals surface area contributed by atoms with Gasteiger partial charge in [-0.05, 0) is 49.1 Å². The Bertz CT molecular complexity index is 929. The summed E-state index contributed by atoms with van der Waals surface area (Å²) in [7, 11) is -3.61. The Morgan fingerprint density at radius 3 is 2.18 bits per heavy atom. The largest absolute Gasteiger partial charge is 0.508 e. The van der Waals surface area contributed by atoms with Crippen molar-refractivity contribution in [3.8, 4) is 11.5 Å². The van der Waals surface area contributed by atoms with Crippen LogP contribution in [-0.4, -0.2) is 48.6 Å². The van der Waals surface area contributed by atoms with Crippen molar-refractivity contribution >= 4 is 15.9 Å². The number of nitrogens with one attached hydrogen (secondary N) is 1. The number of nitrogens with zero attached hydrogens (tertiary/aromatic N) is 1. The lowest BCUT2D eigenvalue weighted by Crippen LogP contribution is -2.46. The molecule has 3 N–H and O–H groups in total. The molecule has 0 unspecified atom stereocenters. The number of rotatable bonds is 5. The minimum atomic E-state index is -3.61. The van der Waals surface area contributed by atoms with Gasteiger partial charge < -0.3 is 15.1 Å². The molecule has 1 heterocycles. The number of carbonyl (C=O) groups excluding carboxylic acids is 1. The first-order valence-electron chi connectivity index (χ1n) is 9.22. The van der Waals surface area contributed by atoms with Gasteiger partial charge in [-0.25, -0.2) is 13.1 Å². The molecule has 1 amide bonds. The van der Waals surface area contributed by atoms with Crippen molar-refractivity contribution in [2.45, 2.75) is 37.1 Å². The summed E-state index contributed by atoms with van der Waals surface area (Å²) in [4.78, 5) is 14.4. The number of phenols is 2. The van der Waals surface area contributed by atoms with Crippen molar-refractivity contribution in [3.05, 3.63) is 53.6 Å². The maximum Gasteiger partial charge on any atom is 0.254 e. The first-order chi connectivity index (χ1) is 13.3. The van der Waals surface area contributed by atoms with E-state index >= 15 is 0 Å². The number of piperidine rings is 1. The number of carbonyl (C=O) groups is 1. The van der Waals surface area contributed by atoms with Crippen molar-refractivity contribution in [3.63, 3.8) is 0 Å². The molecule has 2 aromatic rings. The lowest BCUT2D eigenvalue weighted by molar-refractivity contribution is 0.0710. The minimum Gasteiger partial charge on any atom is -0.508 e. The maximum absolute atomic E-state index is 12.6. The molecule has 0 aliphatic carbocycles. The van der Waals surface area contributed by atoms with Crippen molar-refractivity contribution in [1.29, 1.82) is 0 Å². The fourth-order valence-electron chi connectivity index (χ4n) is 3.29. The van der Waals surface area contributed by atoms with Crippen LogP contribution in [0.1, 0.15) is 35.7 Å². The highest BCUT2D eigenvalue weighted by Crippen LogP contribution is 2.23. The van der Waals surface area contributed by atoms with Crippen LogP contribution in [-0.2, 0) is 16.4 Å². The highest BCUT2D eigenvalue weighted by molar-refractivity contribution is 7.89. The van der Waals surface area contributed by atoms with Gasteiger partial charge in [0, 0.05) is 30.8 Å². The van der Waals surface area contributed by atoms with E-state index < -0.39 is 10.0 Å². The van der Waals surface area contributed by atoms with Gasteiger partial charge in [0.2, 0.25) is 10.0 Å². The second-order valence-corrected chi connectivity index (χ2v) is 8.64. The normalized spacial score (nSPS) is 15.5. The third-order valence-electron chi connectivity index (χ3n) is 4.90. The second kappa shape index (κ2) is 8.20. The van der Waals surface area contributed by atoms with Crippen molar-refractivity contribution in [2.75, 3.05) is 13.1 Å². The molecular weight excluding hydrogens is 380 g/mol. The maximum atomic E-state index is 12.6. The SMILES string of the molecule is CCc1ccc(S(=O)(=O)NC2CCN(C(=O)c3cc(O)cc(O)c3)CC2)cc1. The number of hydrogen-bond acceptors (Lipinski definition) is 5. The van der Waals surface area contributed by atoms with E-state index in [4.69, 9.17) is 0 Å². The van der Waals surface area contributed by atoms with Crippen LogP contribution < -0.4 is 4.72 Å². The van der Waals surface area contributed by atoms with Crippen LogP contribution in [0.3, 0.4) is 0 Å². The van der Waals surface area contributed by atoms with Crippen LogP contribution in [0.15, 0.2) is 47.4 Å². The van der Waals surface area contributed by atoms with Crippen LogP contribution in [0, 0.1) is 0 Å². The van der Waals surface area contributed by atoms with Crippen LogP contribution in [0.25, 0.3) is 0 Å². The Labute approximate surface area is 164 Å². The zero-order chi connectivity index (χ0) is 20.3. The zero-order valence-electron chi connectivity index (χ0n) is 15.6. The number of aromatic hydroxyl groups is 2. The lowest BCUT2D eigenvalue weighted by atomic mass is 10.0. The number of benzene rings is 2. The molecule has 3 rings (SSSR count). The predicted molar refractivity (Wildman–Crippen MR) is 105 cm³/mol. The average molecular weight is 404 g/mol. The van der Waals surface area contributed by atoms with Crippen LogP contribution in [0.5, 0.6) is 11.5 Å². The van der Waals surface area contributed by atoms with Crippen LogP contribution >= 0.6 is 0 Å². The standard InChI is InChI=1S/C20H24N2O5S/c1-2-14-3-5-19(6-4-14)28(26,27)21-16-7-9-22(10-8-16)20(25)15-11-17(23)13-18(24)12-15/h3-6,11-13,16,21,23-24H,2,7-10H2,1H3. The molecule has 1 saturated heterocycles. The molecule has 150 valence electrons. The van der Waals surface area contributed by atoms with Gasteiger partial charge >= 0.3 is 0 Å². The smallest absolute Gasteiger partial charge is 0.254 e. The Balaban J connectivity index is 1.60. The molecule has 0 spiro atoms. The molecule has 1 aliphatic rings. The molecule has 8 heteroatoms. The van der Waals surface area contributed by atoms with E-state index in [-0.39, 0.29) is 33.9 Å². The molecule has 0 radical (unpaired) electrons. The third kappa shape index (κ3) is 4.63. The van der Waals surface area contributed by atoms with Gasteiger partial charge in [-0.1, -0.05) is 19.1 Å². The Hall–Kier alpha value is -2.58. The van der Waals surface area contributed by atoms with E-state index in [9.17, 15) is 23.4 Å². The Morgan fingerprint density at radius 1 is 1.07 bits per heavy atom. The summed E-state index contributed by atoms with van der Waals surface area (Å²) < 4.78 is 27.9. The fraction of sp³-hybridized carbons (Fsp3) is 0.350. The van der Waals surface area contributed by atoms with Crippen LogP contribution in [0.4, 0.5) is 0 Å². The molecular formula is C20H24N2O5S. The molecule has 0 bridgehead atoms. The Kier molecular flexibility index (Phi) is 5.90. The van der Waals surface area contributed by atoms with Gasteiger partial charge in [-0.3, -0.25) is 4.79 Å². The number of hydrogen-bond donors (Lipinski definition) is 3. The van der Waals surface area contributed by atoms with E-state index in [2.05, 4.69) is 4.72 Å². The number of phenolic OH excluding ortho intramolecular Hbond substituents is 2. The van der Waals surface area contributed by atoms with Crippen molar-refractivity contribution < 1.29 is 23.4 Å². The average Bonchev–Trinajstić information content (AvgIpc) is 2.67. The van der Waals surface area contributed by atoms with Crippen molar-refractivity contribution in [2.24, 2.45) is 0 Å². The summed E-state index contributed by atoms with van der Waals surface area (Å²) in [6, 6.07) is 10.3. The summed E-state index contributed by atoms with van der Waals surface area (Å²) in [6.07, 6.45) is 1.82. The predicted octanol–water partition coefficient (Wildman–Crippen LogP) is 2.24. The van der Waals surface area contributed by atoms with Gasteiger partial charge in [-0.2, -0.15) is 0 Å². The van der Waals surface area contributed by atoms with Gasteiger partial charge in [0.15, 0.2) is 0 Å². The molecule has 1 aliphatic heterocycles. The van der Waals surface area contributed by atoms with Crippen molar-refractivity contribution in [1.82, 2.24) is 9.62 Å². The summed E-state index contributed by atoms with van der Waals surface area (Å²) in [5, 5.41) is 19.1. The zero-order valence-corrected chi connectivity index (χ0v) is 16.4. The molecule has 0 saturated carbocycles. The Morgan fingerprint density at radius 2 is 1.64 bits per heavy atom. The fourth-order valence-corrected chi connectivity index (χ4v) is 4.60. The molecule has 2 aromatic carbocycles. The van der Waals surface area contributed by atoms with E-state index in [0.29, 0.717) is 25.9 Å². The summed E-state index contributed by atoms with van der Waals surface area (Å²) in [5.74, 6) is -0.664. The number of sulfonamides is 1. The monoisotopic (exact) mass is 404 g/mol. The molecule has 0 atom stereocenters. The second-order valence-electron chi connectivity index (χ2n) is 6.92. The van der Waals surface area contributed by atoms with Gasteiger partial charge in [0.25, 0.3) is 5.91 Å².